The first-order valence-corrected chi connectivity index (χ1v) is 6.70. The molecule has 0 aliphatic carbocycles. The van der Waals surface area contributed by atoms with E-state index in [0.717, 1.165) is 10.8 Å². The van der Waals surface area contributed by atoms with Crippen LogP contribution < -0.4 is 0 Å². The van der Waals surface area contributed by atoms with Crippen molar-refractivity contribution in [2.75, 3.05) is 14.2 Å². The second-order valence-corrected chi connectivity index (χ2v) is 4.88. The molecule has 1 heterocycles. The van der Waals surface area contributed by atoms with E-state index < -0.39 is 11.9 Å². The topological polar surface area (TPSA) is 65.7 Å². The second-order valence-electron chi connectivity index (χ2n) is 4.88. The van der Waals surface area contributed by atoms with Gasteiger partial charge in [0.25, 0.3) is 0 Å². The van der Waals surface area contributed by atoms with Gasteiger partial charge in [-0.25, -0.2) is 9.59 Å². The number of ether oxygens (including phenoxy) is 2. The van der Waals surface area contributed by atoms with Crippen molar-refractivity contribution >= 4 is 33.9 Å². The van der Waals surface area contributed by atoms with Crippen LogP contribution in [-0.4, -0.2) is 26.2 Å². The maximum Gasteiger partial charge on any atom is 0.339 e. The minimum absolute atomic E-state index is 0.168. The Bertz CT molecular complexity index is 904. The molecule has 0 saturated heterocycles. The first-order valence-electron chi connectivity index (χ1n) is 6.70. The van der Waals surface area contributed by atoms with Crippen LogP contribution in [0.5, 0.6) is 0 Å². The maximum atomic E-state index is 12.1. The Morgan fingerprint density at radius 1 is 1.00 bits per heavy atom. The molecule has 0 unspecified atom stereocenters. The highest BCUT2D eigenvalue weighted by Crippen LogP contribution is 2.34. The molecular formula is C17H14O5. The summed E-state index contributed by atoms with van der Waals surface area (Å²) in [7, 11) is 2.54. The van der Waals surface area contributed by atoms with Gasteiger partial charge in [0.2, 0.25) is 0 Å². The maximum absolute atomic E-state index is 12.1. The lowest BCUT2D eigenvalue weighted by Crippen LogP contribution is -2.13. The lowest BCUT2D eigenvalue weighted by Gasteiger charge is -2.10. The Morgan fingerprint density at radius 2 is 1.68 bits per heavy atom. The summed E-state index contributed by atoms with van der Waals surface area (Å²) in [6.07, 6.45) is 0. The zero-order chi connectivity index (χ0) is 15.9. The summed E-state index contributed by atoms with van der Waals surface area (Å²) in [5.74, 6) is -1.18. The summed E-state index contributed by atoms with van der Waals surface area (Å²) in [4.78, 5) is 24.1. The van der Waals surface area contributed by atoms with Crippen LogP contribution in [-0.2, 0) is 9.47 Å². The Hall–Kier alpha value is -2.82. The third-order valence-electron chi connectivity index (χ3n) is 3.70. The molecule has 0 aliphatic heterocycles. The molecule has 22 heavy (non-hydrogen) atoms. The van der Waals surface area contributed by atoms with Crippen molar-refractivity contribution in [3.63, 3.8) is 0 Å². The predicted molar refractivity (Wildman–Crippen MR) is 81.1 cm³/mol. The minimum atomic E-state index is -0.597. The third kappa shape index (κ3) is 1.94. The highest BCUT2D eigenvalue weighted by Gasteiger charge is 2.25. The molecule has 2 aromatic carbocycles. The molecule has 0 aliphatic rings. The lowest BCUT2D eigenvalue weighted by molar-refractivity contribution is 0.0555. The summed E-state index contributed by atoms with van der Waals surface area (Å²) < 4.78 is 15.4. The minimum Gasteiger partial charge on any atom is -0.465 e. The van der Waals surface area contributed by atoms with Crippen molar-refractivity contribution in [3.05, 3.63) is 47.0 Å². The molecule has 0 spiro atoms. The SMILES string of the molecule is COC(=O)c1cc2c(oc3ccccc32)c(C)c1C(=O)OC. The van der Waals surface area contributed by atoms with Gasteiger partial charge in [0.1, 0.15) is 11.2 Å². The van der Waals surface area contributed by atoms with Crippen molar-refractivity contribution in [1.29, 1.82) is 0 Å². The monoisotopic (exact) mass is 298 g/mol. The number of methoxy groups -OCH3 is 2. The van der Waals surface area contributed by atoms with Gasteiger partial charge in [-0.3, -0.25) is 0 Å². The number of para-hydroxylation sites is 1. The van der Waals surface area contributed by atoms with Crippen LogP contribution in [0.2, 0.25) is 0 Å². The number of esters is 2. The Balaban J connectivity index is 2.46. The average molecular weight is 298 g/mol. The molecular weight excluding hydrogens is 284 g/mol. The molecule has 5 heteroatoms. The molecule has 0 radical (unpaired) electrons. The number of hydrogen-bond donors (Lipinski definition) is 0. The van der Waals surface area contributed by atoms with Gasteiger partial charge in [-0.2, -0.15) is 0 Å². The highest BCUT2D eigenvalue weighted by atomic mass is 16.5. The van der Waals surface area contributed by atoms with E-state index in [2.05, 4.69) is 0 Å². The van der Waals surface area contributed by atoms with Gasteiger partial charge >= 0.3 is 11.9 Å². The highest BCUT2D eigenvalue weighted by molar-refractivity contribution is 6.14. The van der Waals surface area contributed by atoms with Crippen molar-refractivity contribution in [3.8, 4) is 0 Å². The molecule has 3 rings (SSSR count). The van der Waals surface area contributed by atoms with Crippen LogP contribution in [0.25, 0.3) is 21.9 Å². The number of carbonyl (C=O) groups is 2. The van der Waals surface area contributed by atoms with E-state index in [9.17, 15) is 9.59 Å². The standard InChI is InChI=1S/C17H14O5/c1-9-14(17(19)21-3)12(16(18)20-2)8-11-10-6-4-5-7-13(10)22-15(9)11/h4-8H,1-3H3. The molecule has 3 aromatic rings. The van der Waals surface area contributed by atoms with Crippen molar-refractivity contribution in [2.45, 2.75) is 6.92 Å². The van der Waals surface area contributed by atoms with Crippen LogP contribution in [0.1, 0.15) is 26.3 Å². The number of hydrogen-bond acceptors (Lipinski definition) is 5. The van der Waals surface area contributed by atoms with Gasteiger partial charge in [-0.05, 0) is 19.1 Å². The molecule has 0 saturated carbocycles. The number of furan rings is 1. The van der Waals surface area contributed by atoms with Crippen molar-refractivity contribution in [2.24, 2.45) is 0 Å². The number of fused-ring (bicyclic) bond motifs is 3. The Labute approximate surface area is 126 Å². The van der Waals surface area contributed by atoms with Gasteiger partial charge in [-0.1, -0.05) is 18.2 Å². The molecule has 0 atom stereocenters. The van der Waals surface area contributed by atoms with Gasteiger partial charge in [0, 0.05) is 16.3 Å². The van der Waals surface area contributed by atoms with E-state index >= 15 is 0 Å². The average Bonchev–Trinajstić information content (AvgIpc) is 2.92. The third-order valence-corrected chi connectivity index (χ3v) is 3.70. The van der Waals surface area contributed by atoms with Gasteiger partial charge in [-0.15, -0.1) is 0 Å². The van der Waals surface area contributed by atoms with E-state index in [-0.39, 0.29) is 11.1 Å². The van der Waals surface area contributed by atoms with Crippen LogP contribution in [0.3, 0.4) is 0 Å². The quantitative estimate of drug-likeness (QED) is 0.678. The van der Waals surface area contributed by atoms with E-state index in [1.54, 1.807) is 13.0 Å². The summed E-state index contributed by atoms with van der Waals surface area (Å²) in [5, 5.41) is 1.64. The molecule has 0 N–H and O–H groups in total. The summed E-state index contributed by atoms with van der Waals surface area (Å²) in [6.45, 7) is 1.73. The lowest BCUT2D eigenvalue weighted by atomic mass is 9.98. The van der Waals surface area contributed by atoms with Crippen LogP contribution in [0.4, 0.5) is 0 Å². The van der Waals surface area contributed by atoms with Gasteiger partial charge in [0.05, 0.1) is 25.3 Å². The summed E-state index contributed by atoms with van der Waals surface area (Å²) in [6, 6.07) is 9.11. The Morgan fingerprint density at radius 3 is 2.36 bits per heavy atom. The van der Waals surface area contributed by atoms with Crippen LogP contribution >= 0.6 is 0 Å². The number of rotatable bonds is 2. The van der Waals surface area contributed by atoms with Gasteiger partial charge < -0.3 is 13.9 Å². The van der Waals surface area contributed by atoms with Crippen molar-refractivity contribution in [1.82, 2.24) is 0 Å². The fourth-order valence-corrected chi connectivity index (χ4v) is 2.66. The second kappa shape index (κ2) is 5.18. The van der Waals surface area contributed by atoms with Crippen LogP contribution in [0.15, 0.2) is 34.7 Å². The summed E-state index contributed by atoms with van der Waals surface area (Å²) >= 11 is 0. The van der Waals surface area contributed by atoms with E-state index in [4.69, 9.17) is 13.9 Å². The number of aryl methyl sites for hydroxylation is 1. The zero-order valence-electron chi connectivity index (χ0n) is 12.4. The fourth-order valence-electron chi connectivity index (χ4n) is 2.66. The fraction of sp³-hybridized carbons (Fsp3) is 0.176. The van der Waals surface area contributed by atoms with Crippen molar-refractivity contribution < 1.29 is 23.5 Å². The normalized spacial score (nSPS) is 10.9. The first kappa shape index (κ1) is 14.1. The zero-order valence-corrected chi connectivity index (χ0v) is 12.4. The predicted octanol–water partition coefficient (Wildman–Crippen LogP) is 3.47. The van der Waals surface area contributed by atoms with E-state index in [1.165, 1.54) is 14.2 Å². The number of carbonyl (C=O) groups excluding carboxylic acids is 2. The van der Waals surface area contributed by atoms with Gasteiger partial charge in [0.15, 0.2) is 0 Å². The Kier molecular flexibility index (Phi) is 3.33. The molecule has 1 aromatic heterocycles. The largest absolute Gasteiger partial charge is 0.465 e. The van der Waals surface area contributed by atoms with E-state index in [1.807, 2.05) is 24.3 Å². The first-order chi connectivity index (χ1) is 10.6. The smallest absolute Gasteiger partial charge is 0.339 e. The summed E-state index contributed by atoms with van der Waals surface area (Å²) in [5.41, 5.74) is 2.15. The molecule has 0 amide bonds. The van der Waals surface area contributed by atoms with Crippen LogP contribution in [0, 0.1) is 6.92 Å². The van der Waals surface area contributed by atoms with E-state index in [0.29, 0.717) is 16.7 Å². The number of benzene rings is 2. The molecule has 0 bridgehead atoms. The molecule has 112 valence electrons. The molecule has 5 nitrogen and oxygen atoms in total. The molecule has 0 fully saturated rings.